The Hall–Kier alpha value is -0.840. The molecule has 0 spiro atoms. The van der Waals surface area contributed by atoms with Gasteiger partial charge in [-0.25, -0.2) is 0 Å². The van der Waals surface area contributed by atoms with Crippen molar-refractivity contribution in [3.63, 3.8) is 0 Å². The van der Waals surface area contributed by atoms with Crippen molar-refractivity contribution >= 4 is 23.7 Å². The molecule has 2 heterocycles. The fourth-order valence-electron chi connectivity index (χ4n) is 1.67. The molecule has 94 valence electrons. The molecule has 0 fully saturated rings. The van der Waals surface area contributed by atoms with Gasteiger partial charge in [0.15, 0.2) is 0 Å². The highest BCUT2D eigenvalue weighted by atomic mass is 35.5. The predicted octanol–water partition coefficient (Wildman–Crippen LogP) is 3.24. The van der Waals surface area contributed by atoms with Crippen LogP contribution in [-0.2, 0) is 13.1 Å². The van der Waals surface area contributed by atoms with Crippen molar-refractivity contribution < 1.29 is 0 Å². The topological polar surface area (TPSA) is 29.9 Å². The molecular formula is C12H18ClN3S. The normalized spacial score (nSPS) is 10.5. The summed E-state index contributed by atoms with van der Waals surface area (Å²) >= 11 is 1.79. The maximum absolute atomic E-state index is 4.31. The molecule has 17 heavy (non-hydrogen) atoms. The van der Waals surface area contributed by atoms with Gasteiger partial charge in [-0.15, -0.1) is 23.7 Å². The summed E-state index contributed by atoms with van der Waals surface area (Å²) in [5.41, 5.74) is 1.24. The lowest BCUT2D eigenvalue weighted by Crippen LogP contribution is -2.16. The molecule has 0 amide bonds. The van der Waals surface area contributed by atoms with Crippen LogP contribution in [0.4, 0.5) is 0 Å². The van der Waals surface area contributed by atoms with E-state index in [0.717, 1.165) is 13.1 Å². The zero-order valence-electron chi connectivity index (χ0n) is 10.1. The Balaban J connectivity index is 0.00000144. The smallest absolute Gasteiger partial charge is 0.0525 e. The lowest BCUT2D eigenvalue weighted by Gasteiger charge is -2.11. The van der Waals surface area contributed by atoms with E-state index in [9.17, 15) is 0 Å². The minimum atomic E-state index is 0. The quantitative estimate of drug-likeness (QED) is 0.905. The number of nitrogens with zero attached hydrogens (tertiary/aromatic N) is 2. The molecule has 2 aromatic rings. The van der Waals surface area contributed by atoms with Gasteiger partial charge >= 0.3 is 0 Å². The summed E-state index contributed by atoms with van der Waals surface area (Å²) in [4.78, 5) is 1.37. The van der Waals surface area contributed by atoms with Crippen LogP contribution in [0.25, 0.3) is 0 Å². The van der Waals surface area contributed by atoms with Crippen LogP contribution in [0.1, 0.15) is 30.5 Å². The zero-order chi connectivity index (χ0) is 11.4. The second-order valence-corrected chi connectivity index (χ2v) is 5.08. The van der Waals surface area contributed by atoms with Crippen molar-refractivity contribution in [2.24, 2.45) is 0 Å². The fourth-order valence-corrected chi connectivity index (χ4v) is 2.35. The maximum atomic E-state index is 4.31. The van der Waals surface area contributed by atoms with Gasteiger partial charge in [-0.1, -0.05) is 6.07 Å². The zero-order valence-corrected chi connectivity index (χ0v) is 11.7. The molecule has 5 heteroatoms. The Kier molecular flexibility index (Phi) is 5.68. The van der Waals surface area contributed by atoms with Crippen LogP contribution >= 0.6 is 23.7 Å². The molecule has 0 bridgehead atoms. The molecule has 0 atom stereocenters. The number of thiophene rings is 1. The average Bonchev–Trinajstić information content (AvgIpc) is 2.87. The van der Waals surface area contributed by atoms with Crippen molar-refractivity contribution in [1.29, 1.82) is 0 Å². The first kappa shape index (κ1) is 14.2. The number of aromatic nitrogens is 2. The molecular weight excluding hydrogens is 254 g/mol. The van der Waals surface area contributed by atoms with Gasteiger partial charge in [0.25, 0.3) is 0 Å². The average molecular weight is 272 g/mol. The van der Waals surface area contributed by atoms with Gasteiger partial charge in [0.2, 0.25) is 0 Å². The van der Waals surface area contributed by atoms with Crippen LogP contribution in [0, 0.1) is 0 Å². The van der Waals surface area contributed by atoms with Crippen LogP contribution in [0.15, 0.2) is 29.8 Å². The lowest BCUT2D eigenvalue weighted by atomic mass is 10.3. The first-order valence-corrected chi connectivity index (χ1v) is 6.41. The second-order valence-electron chi connectivity index (χ2n) is 4.04. The summed E-state index contributed by atoms with van der Waals surface area (Å²) < 4.78 is 2.06. The SMILES string of the molecule is CC(C)n1nccc1CNCc1cccs1.Cl. The van der Waals surface area contributed by atoms with Gasteiger partial charge in [0.05, 0.1) is 5.69 Å². The number of hydrogen-bond acceptors (Lipinski definition) is 3. The highest BCUT2D eigenvalue weighted by Gasteiger charge is 2.04. The Morgan fingerprint density at radius 1 is 1.35 bits per heavy atom. The van der Waals surface area contributed by atoms with Crippen LogP contribution in [0.5, 0.6) is 0 Å². The van der Waals surface area contributed by atoms with Gasteiger partial charge < -0.3 is 5.32 Å². The third-order valence-corrected chi connectivity index (χ3v) is 3.30. The summed E-state index contributed by atoms with van der Waals surface area (Å²) in [6.07, 6.45) is 1.86. The van der Waals surface area contributed by atoms with Crippen LogP contribution in [0.3, 0.4) is 0 Å². The Morgan fingerprint density at radius 3 is 2.82 bits per heavy atom. The Bertz CT molecular complexity index is 423. The van der Waals surface area contributed by atoms with Gasteiger partial charge in [-0.05, 0) is 31.4 Å². The third-order valence-electron chi connectivity index (χ3n) is 2.43. The third kappa shape index (κ3) is 3.84. The van der Waals surface area contributed by atoms with Gasteiger partial charge in [-0.2, -0.15) is 5.10 Å². The Morgan fingerprint density at radius 2 is 2.18 bits per heavy atom. The first-order valence-electron chi connectivity index (χ1n) is 5.53. The number of halogens is 1. The molecule has 0 aliphatic heterocycles. The van der Waals surface area contributed by atoms with E-state index >= 15 is 0 Å². The predicted molar refractivity (Wildman–Crippen MR) is 74.7 cm³/mol. The van der Waals surface area contributed by atoms with E-state index < -0.39 is 0 Å². The first-order chi connectivity index (χ1) is 7.77. The highest BCUT2D eigenvalue weighted by Crippen LogP contribution is 2.10. The number of hydrogen-bond donors (Lipinski definition) is 1. The van der Waals surface area contributed by atoms with Crippen molar-refractivity contribution in [2.75, 3.05) is 0 Å². The molecule has 0 aromatic carbocycles. The van der Waals surface area contributed by atoms with E-state index in [2.05, 4.69) is 52.5 Å². The molecule has 0 aliphatic carbocycles. The molecule has 0 saturated carbocycles. The molecule has 0 aliphatic rings. The van der Waals surface area contributed by atoms with Gasteiger partial charge in [-0.3, -0.25) is 4.68 Å². The van der Waals surface area contributed by atoms with E-state index in [1.807, 2.05) is 6.20 Å². The van der Waals surface area contributed by atoms with E-state index in [-0.39, 0.29) is 12.4 Å². The van der Waals surface area contributed by atoms with Crippen molar-refractivity contribution in [1.82, 2.24) is 15.1 Å². The molecule has 2 rings (SSSR count). The highest BCUT2D eigenvalue weighted by molar-refractivity contribution is 7.09. The summed E-state index contributed by atoms with van der Waals surface area (Å²) in [6, 6.07) is 6.73. The molecule has 1 N–H and O–H groups in total. The molecule has 3 nitrogen and oxygen atoms in total. The summed E-state index contributed by atoms with van der Waals surface area (Å²) in [5, 5.41) is 9.85. The van der Waals surface area contributed by atoms with Crippen LogP contribution in [-0.4, -0.2) is 9.78 Å². The molecule has 0 radical (unpaired) electrons. The van der Waals surface area contributed by atoms with Crippen molar-refractivity contribution in [3.05, 3.63) is 40.3 Å². The maximum Gasteiger partial charge on any atom is 0.0525 e. The van der Waals surface area contributed by atoms with Crippen LogP contribution in [0.2, 0.25) is 0 Å². The number of nitrogens with one attached hydrogen (secondary N) is 1. The Labute approximate surface area is 112 Å². The van der Waals surface area contributed by atoms with Crippen molar-refractivity contribution in [3.8, 4) is 0 Å². The molecule has 0 unspecified atom stereocenters. The van der Waals surface area contributed by atoms with E-state index in [1.165, 1.54) is 10.6 Å². The van der Waals surface area contributed by atoms with E-state index in [1.54, 1.807) is 11.3 Å². The second kappa shape index (κ2) is 6.79. The van der Waals surface area contributed by atoms with Gasteiger partial charge in [0, 0.05) is 30.2 Å². The summed E-state index contributed by atoms with van der Waals surface area (Å²) in [5.74, 6) is 0. The monoisotopic (exact) mass is 271 g/mol. The fraction of sp³-hybridized carbons (Fsp3) is 0.417. The largest absolute Gasteiger partial charge is 0.306 e. The van der Waals surface area contributed by atoms with Crippen LogP contribution < -0.4 is 5.32 Å². The lowest BCUT2D eigenvalue weighted by molar-refractivity contribution is 0.495. The van der Waals surface area contributed by atoms with E-state index in [4.69, 9.17) is 0 Å². The minimum absolute atomic E-state index is 0. The molecule has 0 saturated heterocycles. The standard InChI is InChI=1S/C12H17N3S.ClH/c1-10(2)15-11(5-6-14-15)8-13-9-12-4-3-7-16-12;/h3-7,10,13H,8-9H2,1-2H3;1H. The minimum Gasteiger partial charge on any atom is -0.306 e. The molecule has 2 aromatic heterocycles. The number of rotatable bonds is 5. The van der Waals surface area contributed by atoms with Gasteiger partial charge in [0.1, 0.15) is 0 Å². The van der Waals surface area contributed by atoms with E-state index in [0.29, 0.717) is 6.04 Å². The van der Waals surface area contributed by atoms with Crippen molar-refractivity contribution in [2.45, 2.75) is 33.0 Å². The summed E-state index contributed by atoms with van der Waals surface area (Å²) in [7, 11) is 0. The summed E-state index contributed by atoms with van der Waals surface area (Å²) in [6.45, 7) is 6.10.